The molecule has 4 aromatic rings. The number of methoxy groups -OCH3 is 1. The van der Waals surface area contributed by atoms with Gasteiger partial charge in [0.15, 0.2) is 0 Å². The van der Waals surface area contributed by atoms with Gasteiger partial charge >= 0.3 is 0 Å². The van der Waals surface area contributed by atoms with Gasteiger partial charge in [0.2, 0.25) is 0 Å². The van der Waals surface area contributed by atoms with Crippen LogP contribution in [-0.2, 0) is 17.9 Å². The van der Waals surface area contributed by atoms with Crippen LogP contribution in [0.15, 0.2) is 66.7 Å². The van der Waals surface area contributed by atoms with E-state index in [1.54, 1.807) is 7.11 Å². The van der Waals surface area contributed by atoms with Crippen molar-refractivity contribution >= 4 is 21.8 Å². The van der Waals surface area contributed by atoms with E-state index in [9.17, 15) is 0 Å². The molecule has 1 aromatic heterocycles. The number of rotatable bonds is 4. The minimum atomic E-state index is 0.513. The van der Waals surface area contributed by atoms with Gasteiger partial charge in [-0.3, -0.25) is 0 Å². The summed E-state index contributed by atoms with van der Waals surface area (Å²) < 4.78 is 7.59. The largest absolute Gasteiger partial charge is 0.377 e. The molecule has 3 nitrogen and oxygen atoms in total. The zero-order chi connectivity index (χ0) is 15.6. The van der Waals surface area contributed by atoms with Crippen molar-refractivity contribution in [3.63, 3.8) is 0 Å². The van der Waals surface area contributed by atoms with E-state index in [1.807, 2.05) is 12.1 Å². The first kappa shape index (κ1) is 14.0. The summed E-state index contributed by atoms with van der Waals surface area (Å²) >= 11 is 0. The number of benzene rings is 3. The van der Waals surface area contributed by atoms with E-state index in [2.05, 4.69) is 59.2 Å². The fourth-order valence-corrected chi connectivity index (χ4v) is 3.14. The molecule has 0 aliphatic rings. The maximum absolute atomic E-state index is 5.34. The Hall–Kier alpha value is -2.65. The van der Waals surface area contributed by atoms with E-state index >= 15 is 0 Å². The first-order chi connectivity index (χ1) is 11.4. The predicted octanol–water partition coefficient (Wildman–Crippen LogP) is 4.38. The van der Waals surface area contributed by atoms with E-state index in [0.29, 0.717) is 6.61 Å². The quantitative estimate of drug-likeness (QED) is 0.559. The van der Waals surface area contributed by atoms with Gasteiger partial charge in [0.05, 0.1) is 17.6 Å². The van der Waals surface area contributed by atoms with Gasteiger partial charge in [-0.1, -0.05) is 54.6 Å². The average molecular weight is 302 g/mol. The lowest BCUT2D eigenvalue weighted by molar-refractivity contribution is 0.175. The molecule has 23 heavy (non-hydrogen) atoms. The molecular formula is C20H18N2O. The number of ether oxygens (including phenoxy) is 1. The lowest BCUT2D eigenvalue weighted by Crippen LogP contribution is -2.06. The van der Waals surface area contributed by atoms with Gasteiger partial charge in [0, 0.05) is 7.11 Å². The highest BCUT2D eigenvalue weighted by Crippen LogP contribution is 2.23. The average Bonchev–Trinajstić information content (AvgIpc) is 2.93. The van der Waals surface area contributed by atoms with Crippen molar-refractivity contribution in [2.75, 3.05) is 7.11 Å². The topological polar surface area (TPSA) is 27.1 Å². The monoisotopic (exact) mass is 302 g/mol. The molecule has 0 aliphatic carbocycles. The summed E-state index contributed by atoms with van der Waals surface area (Å²) in [6.07, 6.45) is 0. The van der Waals surface area contributed by atoms with Gasteiger partial charge in [0.1, 0.15) is 12.4 Å². The number of para-hydroxylation sites is 2. The second kappa shape index (κ2) is 5.86. The number of fused-ring (bicyclic) bond motifs is 2. The minimum Gasteiger partial charge on any atom is -0.377 e. The van der Waals surface area contributed by atoms with Gasteiger partial charge in [-0.25, -0.2) is 4.98 Å². The van der Waals surface area contributed by atoms with Gasteiger partial charge in [-0.05, 0) is 28.5 Å². The van der Waals surface area contributed by atoms with E-state index in [4.69, 9.17) is 9.72 Å². The van der Waals surface area contributed by atoms with E-state index in [0.717, 1.165) is 23.4 Å². The molecule has 3 heteroatoms. The molecule has 0 amide bonds. The summed E-state index contributed by atoms with van der Waals surface area (Å²) in [5, 5.41) is 2.55. The van der Waals surface area contributed by atoms with Crippen LogP contribution < -0.4 is 0 Å². The Bertz CT molecular complexity index is 966. The van der Waals surface area contributed by atoms with E-state index in [-0.39, 0.29) is 0 Å². The zero-order valence-electron chi connectivity index (χ0n) is 13.1. The zero-order valence-corrected chi connectivity index (χ0v) is 13.1. The van der Waals surface area contributed by atoms with Crippen molar-refractivity contribution in [1.29, 1.82) is 0 Å². The molecule has 3 aromatic carbocycles. The molecule has 0 N–H and O–H groups in total. The molecule has 0 bridgehead atoms. The second-order valence-corrected chi connectivity index (χ2v) is 5.67. The summed E-state index contributed by atoms with van der Waals surface area (Å²) in [7, 11) is 1.71. The molecule has 0 unspecified atom stereocenters. The second-order valence-electron chi connectivity index (χ2n) is 5.67. The van der Waals surface area contributed by atoms with E-state index in [1.165, 1.54) is 16.3 Å². The van der Waals surface area contributed by atoms with Crippen LogP contribution in [0.3, 0.4) is 0 Å². The molecule has 0 radical (unpaired) electrons. The number of imidazole rings is 1. The summed E-state index contributed by atoms with van der Waals surface area (Å²) in [5.74, 6) is 0.960. The van der Waals surface area contributed by atoms with Crippen LogP contribution in [0.5, 0.6) is 0 Å². The Labute approximate surface area is 135 Å². The van der Waals surface area contributed by atoms with Crippen molar-refractivity contribution < 1.29 is 4.74 Å². The summed E-state index contributed by atoms with van der Waals surface area (Å²) in [6.45, 7) is 1.31. The van der Waals surface area contributed by atoms with Crippen molar-refractivity contribution in [1.82, 2.24) is 9.55 Å². The fourth-order valence-electron chi connectivity index (χ4n) is 3.14. The van der Waals surface area contributed by atoms with Gasteiger partial charge in [0.25, 0.3) is 0 Å². The van der Waals surface area contributed by atoms with Crippen LogP contribution in [0.25, 0.3) is 21.8 Å². The van der Waals surface area contributed by atoms with Gasteiger partial charge in [-0.15, -0.1) is 0 Å². The summed E-state index contributed by atoms with van der Waals surface area (Å²) in [5.41, 5.74) is 3.45. The molecule has 0 aliphatic heterocycles. The number of hydrogen-bond acceptors (Lipinski definition) is 2. The predicted molar refractivity (Wildman–Crippen MR) is 93.5 cm³/mol. The van der Waals surface area contributed by atoms with E-state index < -0.39 is 0 Å². The van der Waals surface area contributed by atoms with Crippen LogP contribution >= 0.6 is 0 Å². The molecule has 0 saturated carbocycles. The van der Waals surface area contributed by atoms with Crippen LogP contribution in [0.2, 0.25) is 0 Å². The van der Waals surface area contributed by atoms with Crippen LogP contribution in [0.4, 0.5) is 0 Å². The third-order valence-corrected chi connectivity index (χ3v) is 4.22. The van der Waals surface area contributed by atoms with Crippen molar-refractivity contribution in [3.05, 3.63) is 78.1 Å². The first-order valence-electron chi connectivity index (χ1n) is 7.76. The van der Waals surface area contributed by atoms with Crippen molar-refractivity contribution in [2.24, 2.45) is 0 Å². The minimum absolute atomic E-state index is 0.513. The highest BCUT2D eigenvalue weighted by atomic mass is 16.5. The molecule has 1 heterocycles. The van der Waals surface area contributed by atoms with Crippen LogP contribution in [-0.4, -0.2) is 16.7 Å². The van der Waals surface area contributed by atoms with Crippen molar-refractivity contribution in [3.8, 4) is 0 Å². The third-order valence-electron chi connectivity index (χ3n) is 4.22. The fraction of sp³-hybridized carbons (Fsp3) is 0.150. The number of aromatic nitrogens is 2. The Kier molecular flexibility index (Phi) is 3.56. The third kappa shape index (κ3) is 2.49. The van der Waals surface area contributed by atoms with Gasteiger partial charge in [-0.2, -0.15) is 0 Å². The molecule has 0 spiro atoms. The highest BCUT2D eigenvalue weighted by Gasteiger charge is 2.11. The number of nitrogens with zero attached hydrogens (tertiary/aromatic N) is 2. The Morgan fingerprint density at radius 1 is 0.913 bits per heavy atom. The first-order valence-corrected chi connectivity index (χ1v) is 7.76. The SMILES string of the molecule is COCc1nc2ccccc2n1Cc1cccc2ccccc12. The smallest absolute Gasteiger partial charge is 0.136 e. The number of hydrogen-bond donors (Lipinski definition) is 0. The Morgan fingerprint density at radius 3 is 2.61 bits per heavy atom. The Morgan fingerprint density at radius 2 is 1.70 bits per heavy atom. The molecular weight excluding hydrogens is 284 g/mol. The molecule has 4 rings (SSSR count). The molecule has 0 atom stereocenters. The summed E-state index contributed by atoms with van der Waals surface area (Å²) in [6, 6.07) is 23.2. The molecule has 0 saturated heterocycles. The molecule has 114 valence electrons. The lowest BCUT2D eigenvalue weighted by atomic mass is 10.0. The highest BCUT2D eigenvalue weighted by molar-refractivity contribution is 5.86. The van der Waals surface area contributed by atoms with Crippen LogP contribution in [0, 0.1) is 0 Å². The normalized spacial score (nSPS) is 11.3. The Balaban J connectivity index is 1.87. The van der Waals surface area contributed by atoms with Crippen LogP contribution in [0.1, 0.15) is 11.4 Å². The van der Waals surface area contributed by atoms with Crippen molar-refractivity contribution in [2.45, 2.75) is 13.2 Å². The maximum atomic E-state index is 5.34. The molecule has 0 fully saturated rings. The maximum Gasteiger partial charge on any atom is 0.136 e. The van der Waals surface area contributed by atoms with Gasteiger partial charge < -0.3 is 9.30 Å². The summed E-state index contributed by atoms with van der Waals surface area (Å²) in [4.78, 5) is 4.72. The lowest BCUT2D eigenvalue weighted by Gasteiger charge is -2.11. The standard InChI is InChI=1S/C20H18N2O/c1-23-14-20-21-18-11-4-5-12-19(18)22(20)13-16-9-6-8-15-7-2-3-10-17(15)16/h2-12H,13-14H2,1H3.